The molecule has 8 heteroatoms. The molecule has 1 aromatic rings. The van der Waals surface area contributed by atoms with Crippen LogP contribution in [-0.2, 0) is 9.59 Å². The number of rotatable bonds is 4. The zero-order valence-electron chi connectivity index (χ0n) is 13.5. The molecule has 22 heavy (non-hydrogen) atoms. The van der Waals surface area contributed by atoms with E-state index in [1.807, 2.05) is 33.3 Å². The number of hydrogen-bond acceptors (Lipinski definition) is 3. The average molecular weight is 341 g/mol. The van der Waals surface area contributed by atoms with Gasteiger partial charge in [0.15, 0.2) is 6.54 Å². The molecule has 0 unspecified atom stereocenters. The van der Waals surface area contributed by atoms with Crippen molar-refractivity contribution in [1.29, 1.82) is 0 Å². The normalized spacial score (nSPS) is 8.91. The van der Waals surface area contributed by atoms with Gasteiger partial charge in [0.1, 0.15) is 5.88 Å². The van der Waals surface area contributed by atoms with Crippen molar-refractivity contribution in [2.75, 3.05) is 33.6 Å². The molecule has 0 atom stereocenters. The summed E-state index contributed by atoms with van der Waals surface area (Å²) in [6.45, 7) is 3.78. The van der Waals surface area contributed by atoms with Crippen molar-refractivity contribution in [1.82, 2.24) is 4.98 Å². The Balaban J connectivity index is -0.000000248. The molecule has 0 saturated carbocycles. The molecule has 0 aromatic carbocycles. The van der Waals surface area contributed by atoms with Crippen molar-refractivity contribution in [3.63, 3.8) is 0 Å². The summed E-state index contributed by atoms with van der Waals surface area (Å²) in [6.07, 6.45) is 5.29. The Hall–Kier alpha value is -0.920. The standard InChI is InChI=1S/C7H7N.C5H11NO2.C2H3ClO2.Na/c1-2-7-3-5-8-6-4-7;1-6(2,3)4-5(7)8;3-1-2(4)5;/h2-6H,1H2;4H2,1-3H3;1H2,(H,4,5);/q;;;+1/p+1. The molecule has 1 heterocycles. The number of aliphatic carboxylic acids is 2. The molecule has 0 bridgehead atoms. The minimum Gasteiger partial charge on any atom is -0.480 e. The van der Waals surface area contributed by atoms with Gasteiger partial charge in [-0.2, -0.15) is 0 Å². The van der Waals surface area contributed by atoms with E-state index in [1.165, 1.54) is 0 Å². The van der Waals surface area contributed by atoms with Crippen LogP contribution in [0.4, 0.5) is 0 Å². The second kappa shape index (κ2) is 15.0. The Bertz CT molecular complexity index is 436. The number of alkyl halides is 1. The van der Waals surface area contributed by atoms with Crippen molar-refractivity contribution in [3.8, 4) is 0 Å². The minimum atomic E-state index is -0.980. The van der Waals surface area contributed by atoms with Gasteiger partial charge < -0.3 is 14.7 Å². The molecule has 118 valence electrons. The maximum Gasteiger partial charge on any atom is 1.00 e. The SMILES string of the molecule is C=Cc1ccncc1.C[N+](C)(C)CC(=O)O.O=C(O)CCl.[Na+]. The fourth-order valence-corrected chi connectivity index (χ4v) is 0.905. The second-order valence-electron chi connectivity index (χ2n) is 4.85. The number of carboxylic acid groups (broad SMARTS) is 2. The summed E-state index contributed by atoms with van der Waals surface area (Å²) >= 11 is 4.74. The molecule has 1 rings (SSSR count). The van der Waals surface area contributed by atoms with Crippen LogP contribution in [0.3, 0.4) is 0 Å². The molecule has 0 spiro atoms. The molecule has 6 nitrogen and oxygen atoms in total. The van der Waals surface area contributed by atoms with Crippen molar-refractivity contribution in [3.05, 3.63) is 36.7 Å². The summed E-state index contributed by atoms with van der Waals surface area (Å²) in [5.74, 6) is -2.04. The molecule has 0 radical (unpaired) electrons. The van der Waals surface area contributed by atoms with Crippen molar-refractivity contribution >= 4 is 29.6 Å². The van der Waals surface area contributed by atoms with Crippen LogP contribution < -0.4 is 29.6 Å². The first-order chi connectivity index (χ1) is 9.62. The number of aromatic nitrogens is 1. The van der Waals surface area contributed by atoms with Gasteiger partial charge >= 0.3 is 41.5 Å². The quantitative estimate of drug-likeness (QED) is 0.409. The number of carboxylic acids is 2. The van der Waals surface area contributed by atoms with E-state index in [0.717, 1.165) is 5.56 Å². The third-order valence-corrected chi connectivity index (χ3v) is 1.89. The second-order valence-corrected chi connectivity index (χ2v) is 5.12. The average Bonchev–Trinajstić information content (AvgIpc) is 2.38. The topological polar surface area (TPSA) is 87.5 Å². The number of likely N-dealkylation sites (N-methyl/N-ethyl adjacent to an activating group) is 1. The molecule has 0 aliphatic rings. The Morgan fingerprint density at radius 2 is 1.64 bits per heavy atom. The molecule has 2 N–H and O–H groups in total. The van der Waals surface area contributed by atoms with E-state index in [-0.39, 0.29) is 42.0 Å². The van der Waals surface area contributed by atoms with Crippen molar-refractivity contribution < 1.29 is 53.8 Å². The predicted molar refractivity (Wildman–Crippen MR) is 83.2 cm³/mol. The maximum absolute atomic E-state index is 10.00. The van der Waals surface area contributed by atoms with E-state index < -0.39 is 11.9 Å². The van der Waals surface area contributed by atoms with E-state index >= 15 is 0 Å². The van der Waals surface area contributed by atoms with E-state index in [9.17, 15) is 9.59 Å². The molecule has 0 amide bonds. The van der Waals surface area contributed by atoms with Gasteiger partial charge in [-0.25, -0.2) is 4.79 Å². The molecule has 0 aliphatic heterocycles. The first kappa shape index (κ1) is 26.0. The Morgan fingerprint density at radius 1 is 1.23 bits per heavy atom. The monoisotopic (exact) mass is 340 g/mol. The molecular weight excluding hydrogens is 319 g/mol. The third kappa shape index (κ3) is 24.1. The Morgan fingerprint density at radius 3 is 1.77 bits per heavy atom. The largest absolute Gasteiger partial charge is 1.00 e. The van der Waals surface area contributed by atoms with Gasteiger partial charge in [-0.3, -0.25) is 9.78 Å². The minimum absolute atomic E-state index is 0. The number of carbonyl (C=O) groups is 2. The van der Waals surface area contributed by atoms with Gasteiger partial charge in [0.2, 0.25) is 0 Å². The number of pyridine rings is 1. The number of hydrogen-bond donors (Lipinski definition) is 2. The van der Waals surface area contributed by atoms with E-state index in [1.54, 1.807) is 18.5 Å². The maximum atomic E-state index is 10.00. The smallest absolute Gasteiger partial charge is 0.480 e. The van der Waals surface area contributed by atoms with Gasteiger partial charge in [0.25, 0.3) is 0 Å². The summed E-state index contributed by atoms with van der Waals surface area (Å²) in [5.41, 5.74) is 1.11. The van der Waals surface area contributed by atoms with Gasteiger partial charge in [-0.15, -0.1) is 11.6 Å². The van der Waals surface area contributed by atoms with Crippen LogP contribution >= 0.6 is 11.6 Å². The molecule has 0 saturated heterocycles. The molecule has 1 aromatic heterocycles. The zero-order chi connectivity index (χ0) is 16.9. The van der Waals surface area contributed by atoms with E-state index in [0.29, 0.717) is 4.48 Å². The Kier molecular flexibility index (Phi) is 17.7. The summed E-state index contributed by atoms with van der Waals surface area (Å²) in [5, 5.41) is 15.8. The van der Waals surface area contributed by atoms with Crippen LogP contribution in [0.2, 0.25) is 0 Å². The fourth-order valence-electron chi connectivity index (χ4n) is 0.905. The van der Waals surface area contributed by atoms with Crippen LogP contribution in [0.1, 0.15) is 5.56 Å². The third-order valence-electron chi connectivity index (χ3n) is 1.67. The number of nitrogens with zero attached hydrogens (tertiary/aromatic N) is 2. The first-order valence-corrected chi connectivity index (χ1v) is 6.48. The zero-order valence-corrected chi connectivity index (χ0v) is 16.2. The predicted octanol–water partition coefficient (Wildman–Crippen LogP) is -1.18. The van der Waals surface area contributed by atoms with Gasteiger partial charge in [0.05, 0.1) is 21.1 Å². The van der Waals surface area contributed by atoms with Gasteiger partial charge in [-0.05, 0) is 17.7 Å². The summed E-state index contributed by atoms with van der Waals surface area (Å²) in [4.78, 5) is 23.1. The van der Waals surface area contributed by atoms with Gasteiger partial charge in [-0.1, -0.05) is 12.7 Å². The Labute approximate surface area is 158 Å². The first-order valence-electron chi connectivity index (χ1n) is 5.95. The summed E-state index contributed by atoms with van der Waals surface area (Å²) in [6, 6.07) is 3.82. The van der Waals surface area contributed by atoms with Crippen LogP contribution in [0.15, 0.2) is 31.1 Å². The van der Waals surface area contributed by atoms with Gasteiger partial charge in [0, 0.05) is 12.4 Å². The molecular formula is C14H22ClN2NaO4+2. The molecule has 0 aliphatic carbocycles. The number of halogens is 1. The van der Waals surface area contributed by atoms with Crippen molar-refractivity contribution in [2.24, 2.45) is 0 Å². The van der Waals surface area contributed by atoms with E-state index in [4.69, 9.17) is 21.8 Å². The summed E-state index contributed by atoms with van der Waals surface area (Å²) in [7, 11) is 5.52. The number of quaternary nitrogens is 1. The van der Waals surface area contributed by atoms with Crippen LogP contribution in [0.25, 0.3) is 6.08 Å². The van der Waals surface area contributed by atoms with Crippen molar-refractivity contribution in [2.45, 2.75) is 0 Å². The summed E-state index contributed by atoms with van der Waals surface area (Å²) < 4.78 is 0.481. The van der Waals surface area contributed by atoms with Crippen LogP contribution in [-0.4, -0.2) is 65.2 Å². The fraction of sp³-hybridized carbons (Fsp3) is 0.357. The molecule has 0 fully saturated rings. The van der Waals surface area contributed by atoms with Crippen LogP contribution in [0, 0.1) is 0 Å². The van der Waals surface area contributed by atoms with E-state index in [2.05, 4.69) is 11.6 Å². The van der Waals surface area contributed by atoms with Crippen LogP contribution in [0.5, 0.6) is 0 Å².